The summed E-state index contributed by atoms with van der Waals surface area (Å²) in [5.41, 5.74) is 9.03. The Kier molecular flexibility index (Phi) is 3.79. The molecule has 1 aromatic rings. The minimum Gasteiger partial charge on any atom is -0.368 e. The van der Waals surface area contributed by atoms with Gasteiger partial charge in [0.15, 0.2) is 0 Å². The number of nitrogens with two attached hydrogens (primary N) is 1. The number of hydroxylamine groups is 3. The van der Waals surface area contributed by atoms with E-state index in [0.29, 0.717) is 25.3 Å². The van der Waals surface area contributed by atoms with E-state index in [1.807, 2.05) is 6.08 Å². The molecule has 2 aliphatic heterocycles. The van der Waals surface area contributed by atoms with Crippen LogP contribution in [0.15, 0.2) is 18.3 Å². The van der Waals surface area contributed by atoms with Gasteiger partial charge in [-0.05, 0) is 12.1 Å². The number of fused-ring (bicyclic) bond motifs is 2. The van der Waals surface area contributed by atoms with Gasteiger partial charge in [0.25, 0.3) is 0 Å². The maximum atomic E-state index is 11.7. The average molecular weight is 308 g/mol. The third-order valence-corrected chi connectivity index (χ3v) is 3.43. The van der Waals surface area contributed by atoms with Crippen LogP contribution < -0.4 is 11.2 Å². The molecule has 0 radical (unpaired) electrons. The fourth-order valence-electron chi connectivity index (χ4n) is 2.41. The van der Waals surface area contributed by atoms with Crippen LogP contribution in [0.2, 0.25) is 0 Å². The summed E-state index contributed by atoms with van der Waals surface area (Å²) in [5.74, 6) is -0.562. The van der Waals surface area contributed by atoms with Gasteiger partial charge in [-0.3, -0.25) is 14.8 Å². The van der Waals surface area contributed by atoms with Crippen molar-refractivity contribution in [3.63, 3.8) is 0 Å². The Morgan fingerprint density at radius 2 is 2.41 bits per heavy atom. The van der Waals surface area contributed by atoms with Gasteiger partial charge in [-0.25, -0.2) is 9.48 Å². The molecule has 10 heteroatoms. The number of aromatic nitrogens is 2. The van der Waals surface area contributed by atoms with Crippen LogP contribution in [0.25, 0.3) is 5.70 Å². The monoisotopic (exact) mass is 308 g/mol. The second-order valence-electron chi connectivity index (χ2n) is 5.06. The van der Waals surface area contributed by atoms with Crippen LogP contribution in [-0.2, 0) is 16.2 Å². The topological polar surface area (TPSA) is 126 Å². The summed E-state index contributed by atoms with van der Waals surface area (Å²) in [5, 5.41) is 14.7. The second-order valence-corrected chi connectivity index (χ2v) is 5.06. The lowest BCUT2D eigenvalue weighted by atomic mass is 10.2. The zero-order chi connectivity index (χ0) is 15.7. The van der Waals surface area contributed by atoms with Crippen LogP contribution in [-0.4, -0.2) is 62.6 Å². The molecule has 118 valence electrons. The average Bonchev–Trinajstić information content (AvgIpc) is 3.04. The van der Waals surface area contributed by atoms with Crippen molar-refractivity contribution in [1.82, 2.24) is 25.2 Å². The smallest absolute Gasteiger partial charge is 0.344 e. The van der Waals surface area contributed by atoms with Gasteiger partial charge in [0, 0.05) is 12.7 Å². The number of nitrogens with zero attached hydrogens (tertiary/aromatic N) is 4. The van der Waals surface area contributed by atoms with E-state index in [4.69, 9.17) is 10.6 Å². The normalized spacial score (nSPS) is 20.5. The minimum absolute atomic E-state index is 0.211. The zero-order valence-electron chi connectivity index (χ0n) is 11.7. The Hall–Kier alpha value is -2.43. The molecule has 0 saturated carbocycles. The SMILES string of the molecule is NC(=O)CONCc1ccn(C2=CC3CN(C2)C(=O)N3O)n1. The van der Waals surface area contributed by atoms with Gasteiger partial charge in [-0.15, -0.1) is 0 Å². The summed E-state index contributed by atoms with van der Waals surface area (Å²) < 4.78 is 1.65. The molecule has 3 heterocycles. The Morgan fingerprint density at radius 3 is 3.14 bits per heavy atom. The molecule has 1 atom stereocenters. The number of carbonyl (C=O) groups excluding carboxylic acids is 2. The Labute approximate surface area is 125 Å². The fraction of sp³-hybridized carbons (Fsp3) is 0.417. The second kappa shape index (κ2) is 5.75. The van der Waals surface area contributed by atoms with Gasteiger partial charge in [0.2, 0.25) is 5.91 Å². The Morgan fingerprint density at radius 1 is 1.59 bits per heavy atom. The summed E-state index contributed by atoms with van der Waals surface area (Å²) in [6.07, 6.45) is 3.57. The third kappa shape index (κ3) is 2.79. The number of amides is 3. The lowest BCUT2D eigenvalue weighted by molar-refractivity contribution is -0.125. The van der Waals surface area contributed by atoms with E-state index in [1.165, 1.54) is 0 Å². The number of hydrogen-bond donors (Lipinski definition) is 3. The summed E-state index contributed by atoms with van der Waals surface area (Å²) in [6.45, 7) is 0.970. The molecule has 1 saturated heterocycles. The molecule has 22 heavy (non-hydrogen) atoms. The fourth-order valence-corrected chi connectivity index (χ4v) is 2.41. The molecular weight excluding hydrogens is 292 g/mol. The highest BCUT2D eigenvalue weighted by Gasteiger charge is 2.39. The van der Waals surface area contributed by atoms with Crippen LogP contribution in [0.5, 0.6) is 0 Å². The van der Waals surface area contributed by atoms with Gasteiger partial charge in [0.05, 0.1) is 30.5 Å². The first kappa shape index (κ1) is 14.5. The van der Waals surface area contributed by atoms with E-state index in [9.17, 15) is 14.8 Å². The van der Waals surface area contributed by atoms with Crippen LogP contribution in [0, 0.1) is 0 Å². The third-order valence-electron chi connectivity index (χ3n) is 3.43. The minimum atomic E-state index is -0.562. The van der Waals surface area contributed by atoms with Crippen molar-refractivity contribution in [2.24, 2.45) is 5.73 Å². The zero-order valence-corrected chi connectivity index (χ0v) is 11.7. The highest BCUT2D eigenvalue weighted by atomic mass is 16.6. The molecule has 2 aliphatic rings. The molecule has 0 aromatic carbocycles. The van der Waals surface area contributed by atoms with Crippen molar-refractivity contribution in [2.45, 2.75) is 12.6 Å². The van der Waals surface area contributed by atoms with Crippen LogP contribution in [0.4, 0.5) is 4.79 Å². The maximum absolute atomic E-state index is 11.7. The molecule has 1 aromatic heterocycles. The number of urea groups is 1. The lowest BCUT2D eigenvalue weighted by Crippen LogP contribution is -2.31. The van der Waals surface area contributed by atoms with E-state index in [-0.39, 0.29) is 12.6 Å². The van der Waals surface area contributed by atoms with Gasteiger partial charge in [0.1, 0.15) is 6.61 Å². The molecule has 4 N–H and O–H groups in total. The number of hydrogen-bond acceptors (Lipinski definition) is 6. The number of carbonyl (C=O) groups is 2. The first-order valence-electron chi connectivity index (χ1n) is 6.70. The number of rotatable bonds is 6. The summed E-state index contributed by atoms with van der Waals surface area (Å²) in [6, 6.07) is 1.04. The summed E-state index contributed by atoms with van der Waals surface area (Å²) in [7, 11) is 0. The van der Waals surface area contributed by atoms with Crippen molar-refractivity contribution in [3.8, 4) is 0 Å². The van der Waals surface area contributed by atoms with E-state index >= 15 is 0 Å². The van der Waals surface area contributed by atoms with Crippen molar-refractivity contribution >= 4 is 17.6 Å². The van der Waals surface area contributed by atoms with Crippen LogP contribution in [0.3, 0.4) is 0 Å². The summed E-state index contributed by atoms with van der Waals surface area (Å²) in [4.78, 5) is 28.6. The Balaban J connectivity index is 1.61. The molecule has 3 rings (SSSR count). The number of nitrogens with one attached hydrogen (secondary N) is 1. The van der Waals surface area contributed by atoms with Crippen molar-refractivity contribution < 1.29 is 19.6 Å². The molecule has 0 spiro atoms. The van der Waals surface area contributed by atoms with E-state index < -0.39 is 11.9 Å². The predicted molar refractivity (Wildman–Crippen MR) is 72.9 cm³/mol. The number of primary amides is 1. The lowest BCUT2D eigenvalue weighted by Gasteiger charge is -2.20. The van der Waals surface area contributed by atoms with Gasteiger partial charge in [-0.2, -0.15) is 15.6 Å². The molecule has 3 amide bonds. The molecule has 10 nitrogen and oxygen atoms in total. The molecule has 2 bridgehead atoms. The van der Waals surface area contributed by atoms with E-state index in [0.717, 1.165) is 10.8 Å². The van der Waals surface area contributed by atoms with E-state index in [1.54, 1.807) is 21.8 Å². The van der Waals surface area contributed by atoms with Crippen LogP contribution >= 0.6 is 0 Å². The summed E-state index contributed by atoms with van der Waals surface area (Å²) >= 11 is 0. The van der Waals surface area contributed by atoms with Crippen molar-refractivity contribution in [3.05, 3.63) is 24.0 Å². The molecule has 1 fully saturated rings. The molecule has 0 aliphatic carbocycles. The van der Waals surface area contributed by atoms with Gasteiger partial charge >= 0.3 is 6.03 Å². The van der Waals surface area contributed by atoms with Crippen LogP contribution in [0.1, 0.15) is 5.69 Å². The standard InChI is InChI=1S/C12H16N6O4/c13-11(19)7-22-14-4-8-1-2-17(15-8)9-3-10-6-16(5-9)12(20)18(10)21/h1-3,10,14,21H,4-7H2,(H2,13,19). The van der Waals surface area contributed by atoms with Gasteiger partial charge in [-0.1, -0.05) is 0 Å². The van der Waals surface area contributed by atoms with Gasteiger partial charge < -0.3 is 10.6 Å². The molecular formula is C12H16N6O4. The highest BCUT2D eigenvalue weighted by Crippen LogP contribution is 2.24. The first-order chi connectivity index (χ1) is 10.5. The molecule has 1 unspecified atom stereocenters. The Bertz CT molecular complexity index is 627. The maximum Gasteiger partial charge on any atom is 0.344 e. The quantitative estimate of drug-likeness (QED) is 0.342. The van der Waals surface area contributed by atoms with Crippen molar-refractivity contribution in [1.29, 1.82) is 0 Å². The highest BCUT2D eigenvalue weighted by molar-refractivity contribution is 5.79. The van der Waals surface area contributed by atoms with Crippen molar-refractivity contribution in [2.75, 3.05) is 19.7 Å². The van der Waals surface area contributed by atoms with E-state index in [2.05, 4.69) is 10.6 Å². The predicted octanol–water partition coefficient (Wildman–Crippen LogP) is -1.26. The largest absolute Gasteiger partial charge is 0.368 e. The first-order valence-corrected chi connectivity index (χ1v) is 6.70.